The molecule has 2 heterocycles. The lowest BCUT2D eigenvalue weighted by atomic mass is 10.1. The number of piperazine rings is 1. The number of likely N-dealkylation sites (N-methyl/N-ethyl adjacent to an activating group) is 1. The van der Waals surface area contributed by atoms with Crippen molar-refractivity contribution < 1.29 is 14.3 Å². The van der Waals surface area contributed by atoms with Crippen LogP contribution in [0.15, 0.2) is 54.7 Å². The predicted octanol–water partition coefficient (Wildman–Crippen LogP) is 4.49. The van der Waals surface area contributed by atoms with Gasteiger partial charge in [-0.1, -0.05) is 23.7 Å². The van der Waals surface area contributed by atoms with Crippen LogP contribution in [0.25, 0.3) is 0 Å². The molecular formula is C25H28ClFN6O2. The van der Waals surface area contributed by atoms with Gasteiger partial charge in [0.2, 0.25) is 5.95 Å². The smallest absolute Gasteiger partial charge is 0.413 e. The molecule has 4 rings (SSSR count). The molecule has 1 aromatic heterocycles. The van der Waals surface area contributed by atoms with Gasteiger partial charge in [0.25, 0.3) is 0 Å². The highest BCUT2D eigenvalue weighted by molar-refractivity contribution is 6.30. The Hall–Kier alpha value is -3.27. The Morgan fingerprint density at radius 1 is 1.14 bits per heavy atom. The number of rotatable bonds is 8. The number of hydrogen-bond donors (Lipinski definition) is 2. The van der Waals surface area contributed by atoms with Gasteiger partial charge in [0, 0.05) is 55.2 Å². The number of anilines is 3. The van der Waals surface area contributed by atoms with E-state index in [2.05, 4.69) is 44.3 Å². The van der Waals surface area contributed by atoms with Gasteiger partial charge in [-0.3, -0.25) is 4.90 Å². The van der Waals surface area contributed by atoms with E-state index in [1.54, 1.807) is 0 Å². The van der Waals surface area contributed by atoms with Crippen LogP contribution in [0.3, 0.4) is 0 Å². The van der Waals surface area contributed by atoms with E-state index in [9.17, 15) is 14.3 Å². The fourth-order valence-electron chi connectivity index (χ4n) is 3.88. The second-order valence-corrected chi connectivity index (χ2v) is 9.00. The minimum atomic E-state index is -1.27. The molecular weight excluding hydrogens is 471 g/mol. The van der Waals surface area contributed by atoms with Crippen LogP contribution in [0, 0.1) is 5.82 Å². The minimum absolute atomic E-state index is 0.123. The first kappa shape index (κ1) is 24.8. The molecule has 35 heavy (non-hydrogen) atoms. The molecule has 0 bridgehead atoms. The first-order valence-electron chi connectivity index (χ1n) is 11.4. The summed E-state index contributed by atoms with van der Waals surface area (Å²) in [5.41, 5.74) is 2.18. The number of aromatic nitrogens is 2. The summed E-state index contributed by atoms with van der Waals surface area (Å²) in [6.07, 6.45) is 1.17. The number of nitrogens with one attached hydrogen (secondary N) is 1. The largest absolute Gasteiger partial charge is 0.465 e. The summed E-state index contributed by atoms with van der Waals surface area (Å²) >= 11 is 5.94. The molecule has 0 unspecified atom stereocenters. The normalized spacial score (nSPS) is 14.6. The van der Waals surface area contributed by atoms with Gasteiger partial charge in [0.05, 0.1) is 6.54 Å². The zero-order chi connectivity index (χ0) is 24.8. The zero-order valence-corrected chi connectivity index (χ0v) is 20.2. The monoisotopic (exact) mass is 498 g/mol. The van der Waals surface area contributed by atoms with Gasteiger partial charge < -0.3 is 20.2 Å². The van der Waals surface area contributed by atoms with Gasteiger partial charge in [-0.2, -0.15) is 4.98 Å². The van der Waals surface area contributed by atoms with Gasteiger partial charge in [-0.05, 0) is 55.4 Å². The van der Waals surface area contributed by atoms with Crippen LogP contribution in [0.5, 0.6) is 0 Å². The Balaban J connectivity index is 1.39. The Morgan fingerprint density at radius 2 is 1.89 bits per heavy atom. The number of carboxylic acid groups (broad SMARTS) is 1. The maximum Gasteiger partial charge on any atom is 0.413 e. The van der Waals surface area contributed by atoms with Crippen LogP contribution >= 0.6 is 11.6 Å². The fraction of sp³-hybridized carbons (Fsp3) is 0.320. The summed E-state index contributed by atoms with van der Waals surface area (Å²) in [5.74, 6) is -0.176. The molecule has 1 fully saturated rings. The summed E-state index contributed by atoms with van der Waals surface area (Å²) in [4.78, 5) is 26.2. The minimum Gasteiger partial charge on any atom is -0.465 e. The van der Waals surface area contributed by atoms with E-state index in [0.29, 0.717) is 5.02 Å². The van der Waals surface area contributed by atoms with Crippen molar-refractivity contribution in [1.29, 1.82) is 0 Å². The Bertz CT molecular complexity index is 1150. The Labute approximate surface area is 209 Å². The number of nitrogens with zero attached hydrogens (tertiary/aromatic N) is 5. The molecule has 2 aromatic carbocycles. The van der Waals surface area contributed by atoms with Gasteiger partial charge in [0.15, 0.2) is 0 Å². The van der Waals surface area contributed by atoms with Crippen molar-refractivity contribution in [3.8, 4) is 0 Å². The molecule has 1 aliphatic rings. The summed E-state index contributed by atoms with van der Waals surface area (Å²) in [6, 6.07) is 13.5. The molecule has 0 saturated carbocycles. The number of carbonyl (C=O) groups is 1. The molecule has 8 nitrogen and oxygen atoms in total. The van der Waals surface area contributed by atoms with Crippen LogP contribution in [-0.2, 0) is 13.0 Å². The van der Waals surface area contributed by atoms with E-state index in [1.165, 1.54) is 36.0 Å². The van der Waals surface area contributed by atoms with Crippen molar-refractivity contribution in [2.75, 3.05) is 50.0 Å². The van der Waals surface area contributed by atoms with Crippen LogP contribution in [-0.4, -0.2) is 70.7 Å². The van der Waals surface area contributed by atoms with E-state index < -0.39 is 11.9 Å². The Kier molecular flexibility index (Phi) is 8.12. The maximum atomic E-state index is 14.2. The van der Waals surface area contributed by atoms with Crippen molar-refractivity contribution in [1.82, 2.24) is 19.8 Å². The van der Waals surface area contributed by atoms with Crippen molar-refractivity contribution in [3.63, 3.8) is 0 Å². The summed E-state index contributed by atoms with van der Waals surface area (Å²) in [5, 5.41) is 13.1. The van der Waals surface area contributed by atoms with E-state index >= 15 is 0 Å². The third-order valence-electron chi connectivity index (χ3n) is 6.01. The predicted molar refractivity (Wildman–Crippen MR) is 135 cm³/mol. The maximum absolute atomic E-state index is 14.2. The van der Waals surface area contributed by atoms with Crippen LogP contribution in [0.2, 0.25) is 5.02 Å². The first-order chi connectivity index (χ1) is 16.9. The average Bonchev–Trinajstić information content (AvgIpc) is 2.85. The molecule has 1 saturated heterocycles. The lowest BCUT2D eigenvalue weighted by molar-refractivity contribution is 0.155. The number of hydrogen-bond acceptors (Lipinski definition) is 6. The molecule has 1 amide bonds. The van der Waals surface area contributed by atoms with E-state index in [-0.39, 0.29) is 23.9 Å². The summed E-state index contributed by atoms with van der Waals surface area (Å²) in [7, 11) is 2.15. The molecule has 184 valence electrons. The Morgan fingerprint density at radius 3 is 2.60 bits per heavy atom. The SMILES string of the molecule is CN1CCN(CCc2ccc(Nc3nccc(N(Cc4cc(Cl)ccc4F)C(=O)O)n3)cc2)CC1. The van der Waals surface area contributed by atoms with Gasteiger partial charge in [-0.25, -0.2) is 14.2 Å². The molecule has 0 radical (unpaired) electrons. The highest BCUT2D eigenvalue weighted by Crippen LogP contribution is 2.22. The molecule has 1 aliphatic heterocycles. The summed E-state index contributed by atoms with van der Waals surface area (Å²) < 4.78 is 14.2. The van der Waals surface area contributed by atoms with Crippen molar-refractivity contribution in [2.45, 2.75) is 13.0 Å². The van der Waals surface area contributed by atoms with E-state index in [1.807, 2.05) is 12.1 Å². The summed E-state index contributed by atoms with van der Waals surface area (Å²) in [6.45, 7) is 5.21. The second-order valence-electron chi connectivity index (χ2n) is 8.56. The second kappa shape index (κ2) is 11.4. The molecule has 10 heteroatoms. The lowest BCUT2D eigenvalue weighted by Gasteiger charge is -2.32. The first-order valence-corrected chi connectivity index (χ1v) is 11.8. The van der Waals surface area contributed by atoms with E-state index in [0.717, 1.165) is 49.7 Å². The standard InChI is InChI=1S/C25H28ClFN6O2/c1-31-12-14-32(15-13-31)11-9-18-2-5-21(6-3-18)29-24-28-10-8-23(30-24)33(25(34)35)17-19-16-20(26)4-7-22(19)27/h2-8,10,16H,9,11-15,17H2,1H3,(H,34,35)(H,28,29,30). The van der Waals surface area contributed by atoms with Gasteiger partial charge in [-0.15, -0.1) is 0 Å². The number of halogens is 2. The molecule has 0 spiro atoms. The quantitative estimate of drug-likeness (QED) is 0.473. The third-order valence-corrected chi connectivity index (χ3v) is 6.24. The van der Waals surface area contributed by atoms with Crippen LogP contribution < -0.4 is 10.2 Å². The van der Waals surface area contributed by atoms with Crippen LogP contribution in [0.1, 0.15) is 11.1 Å². The number of amides is 1. The molecule has 0 atom stereocenters. The van der Waals surface area contributed by atoms with E-state index in [4.69, 9.17) is 11.6 Å². The van der Waals surface area contributed by atoms with Crippen molar-refractivity contribution in [3.05, 3.63) is 76.7 Å². The van der Waals surface area contributed by atoms with Crippen molar-refractivity contribution >= 4 is 35.1 Å². The van der Waals surface area contributed by atoms with Gasteiger partial charge >= 0.3 is 6.09 Å². The topological polar surface area (TPSA) is 84.8 Å². The van der Waals surface area contributed by atoms with Crippen molar-refractivity contribution in [2.24, 2.45) is 0 Å². The molecule has 2 N–H and O–H groups in total. The van der Waals surface area contributed by atoms with Gasteiger partial charge in [0.1, 0.15) is 11.6 Å². The zero-order valence-electron chi connectivity index (χ0n) is 19.5. The highest BCUT2D eigenvalue weighted by atomic mass is 35.5. The molecule has 3 aromatic rings. The lowest BCUT2D eigenvalue weighted by Crippen LogP contribution is -2.45. The fourth-order valence-corrected chi connectivity index (χ4v) is 4.08. The third kappa shape index (κ3) is 6.88. The average molecular weight is 499 g/mol. The number of benzene rings is 2. The highest BCUT2D eigenvalue weighted by Gasteiger charge is 2.19. The van der Waals surface area contributed by atoms with Crippen LogP contribution in [0.4, 0.5) is 26.6 Å². The molecule has 0 aliphatic carbocycles.